The van der Waals surface area contributed by atoms with Gasteiger partial charge in [0.2, 0.25) is 0 Å². The smallest absolute Gasteiger partial charge is 0.0139 e. The highest BCUT2D eigenvalue weighted by Crippen LogP contribution is 2.24. The molecule has 3 rings (SSSR count). The van der Waals surface area contributed by atoms with Gasteiger partial charge >= 0.3 is 0 Å². The van der Waals surface area contributed by atoms with Crippen molar-refractivity contribution in [3.63, 3.8) is 0 Å². The molecular weight excluding hydrogens is 242 g/mol. The first-order valence-corrected chi connectivity index (χ1v) is 7.65. The van der Waals surface area contributed by atoms with Crippen LogP contribution in [0.15, 0.2) is 54.6 Å². The van der Waals surface area contributed by atoms with Crippen LogP contribution in [0.1, 0.15) is 23.1 Å². The molecule has 2 aromatic carbocycles. The minimum atomic E-state index is 0.622. The third kappa shape index (κ3) is 3.10. The van der Waals surface area contributed by atoms with E-state index in [2.05, 4.69) is 66.8 Å². The lowest BCUT2D eigenvalue weighted by atomic mass is 9.88. The van der Waals surface area contributed by atoms with E-state index in [1.165, 1.54) is 29.5 Å². The Balaban J connectivity index is 1.68. The van der Waals surface area contributed by atoms with Gasteiger partial charge < -0.3 is 5.32 Å². The first-order chi connectivity index (χ1) is 9.83. The van der Waals surface area contributed by atoms with Gasteiger partial charge in [0.05, 0.1) is 0 Å². The van der Waals surface area contributed by atoms with Gasteiger partial charge in [-0.05, 0) is 55.3 Å². The number of hydrogen-bond donors (Lipinski definition) is 1. The molecule has 0 amide bonds. The zero-order chi connectivity index (χ0) is 13.8. The molecule has 104 valence electrons. The zero-order valence-corrected chi connectivity index (χ0v) is 12.2. The maximum Gasteiger partial charge on any atom is 0.0139 e. The maximum atomic E-state index is 3.70. The normalized spacial score (nSPS) is 22.1. The average Bonchev–Trinajstić information content (AvgIpc) is 2.90. The molecule has 1 aliphatic rings. The number of hydrogen-bond acceptors (Lipinski definition) is 1. The maximum absolute atomic E-state index is 3.70. The Kier molecular flexibility index (Phi) is 4.17. The topological polar surface area (TPSA) is 12.0 Å². The second-order valence-electron chi connectivity index (χ2n) is 5.93. The molecule has 1 N–H and O–H groups in total. The van der Waals surface area contributed by atoms with Crippen molar-refractivity contribution in [1.29, 1.82) is 0 Å². The second-order valence-corrected chi connectivity index (χ2v) is 5.93. The van der Waals surface area contributed by atoms with Gasteiger partial charge in [0, 0.05) is 6.04 Å². The van der Waals surface area contributed by atoms with Crippen LogP contribution in [0.5, 0.6) is 0 Å². The molecule has 1 nitrogen and oxygen atoms in total. The van der Waals surface area contributed by atoms with Gasteiger partial charge in [0.25, 0.3) is 0 Å². The van der Waals surface area contributed by atoms with Crippen LogP contribution >= 0.6 is 0 Å². The van der Waals surface area contributed by atoms with Gasteiger partial charge in [-0.3, -0.25) is 0 Å². The summed E-state index contributed by atoms with van der Waals surface area (Å²) in [6.45, 7) is 3.38. The number of benzene rings is 2. The Bertz CT molecular complexity index is 547. The van der Waals surface area contributed by atoms with Crippen LogP contribution in [0.2, 0.25) is 0 Å². The molecule has 2 atom stereocenters. The molecule has 0 saturated carbocycles. The van der Waals surface area contributed by atoms with Crippen LogP contribution in [0.3, 0.4) is 0 Å². The van der Waals surface area contributed by atoms with Crippen molar-refractivity contribution in [2.75, 3.05) is 6.54 Å². The van der Waals surface area contributed by atoms with Crippen LogP contribution in [-0.2, 0) is 12.8 Å². The summed E-state index contributed by atoms with van der Waals surface area (Å²) in [7, 11) is 0. The highest BCUT2D eigenvalue weighted by atomic mass is 14.9. The van der Waals surface area contributed by atoms with Gasteiger partial charge in [-0.2, -0.15) is 0 Å². The van der Waals surface area contributed by atoms with Gasteiger partial charge in [-0.1, -0.05) is 54.6 Å². The van der Waals surface area contributed by atoms with E-state index in [0.717, 1.165) is 18.9 Å². The lowest BCUT2D eigenvalue weighted by Crippen LogP contribution is -2.30. The highest BCUT2D eigenvalue weighted by Gasteiger charge is 2.27. The van der Waals surface area contributed by atoms with Crippen molar-refractivity contribution < 1.29 is 0 Å². The minimum Gasteiger partial charge on any atom is -0.313 e. The Hall–Kier alpha value is -1.60. The molecule has 0 spiro atoms. The van der Waals surface area contributed by atoms with Crippen LogP contribution < -0.4 is 5.32 Å². The molecule has 1 heterocycles. The predicted molar refractivity (Wildman–Crippen MR) is 84.9 cm³/mol. The molecule has 1 heteroatoms. The van der Waals surface area contributed by atoms with Crippen molar-refractivity contribution in [3.05, 3.63) is 71.3 Å². The van der Waals surface area contributed by atoms with E-state index in [9.17, 15) is 0 Å². The van der Waals surface area contributed by atoms with Crippen molar-refractivity contribution in [2.45, 2.75) is 32.2 Å². The van der Waals surface area contributed by atoms with Crippen molar-refractivity contribution in [1.82, 2.24) is 5.32 Å². The summed E-state index contributed by atoms with van der Waals surface area (Å²) in [4.78, 5) is 0. The monoisotopic (exact) mass is 265 g/mol. The molecule has 2 aromatic rings. The van der Waals surface area contributed by atoms with E-state index in [0.29, 0.717) is 6.04 Å². The zero-order valence-electron chi connectivity index (χ0n) is 12.2. The van der Waals surface area contributed by atoms with E-state index in [1.54, 1.807) is 0 Å². The second kappa shape index (κ2) is 6.23. The Labute approximate surface area is 122 Å². The molecular formula is C19H23N. The van der Waals surface area contributed by atoms with Crippen LogP contribution in [-0.4, -0.2) is 12.6 Å². The third-order valence-corrected chi connectivity index (χ3v) is 4.53. The number of aryl methyl sites for hydroxylation is 1. The first-order valence-electron chi connectivity index (χ1n) is 7.65. The lowest BCUT2D eigenvalue weighted by molar-refractivity contribution is 0.442. The average molecular weight is 265 g/mol. The van der Waals surface area contributed by atoms with Crippen LogP contribution in [0.25, 0.3) is 0 Å². The minimum absolute atomic E-state index is 0.622. The largest absolute Gasteiger partial charge is 0.313 e. The molecule has 1 saturated heterocycles. The Morgan fingerprint density at radius 1 is 0.950 bits per heavy atom. The summed E-state index contributed by atoms with van der Waals surface area (Å²) in [6.07, 6.45) is 3.65. The van der Waals surface area contributed by atoms with E-state index >= 15 is 0 Å². The van der Waals surface area contributed by atoms with Gasteiger partial charge in [-0.15, -0.1) is 0 Å². The molecule has 0 bridgehead atoms. The van der Waals surface area contributed by atoms with E-state index in [1.807, 2.05) is 0 Å². The van der Waals surface area contributed by atoms with E-state index in [-0.39, 0.29) is 0 Å². The van der Waals surface area contributed by atoms with Gasteiger partial charge in [0.1, 0.15) is 0 Å². The fourth-order valence-corrected chi connectivity index (χ4v) is 3.30. The Morgan fingerprint density at radius 2 is 1.70 bits per heavy atom. The van der Waals surface area contributed by atoms with Gasteiger partial charge in [-0.25, -0.2) is 0 Å². The third-order valence-electron chi connectivity index (χ3n) is 4.53. The fourth-order valence-electron chi connectivity index (χ4n) is 3.30. The molecule has 0 aliphatic carbocycles. The summed E-state index contributed by atoms with van der Waals surface area (Å²) in [5.41, 5.74) is 4.38. The molecule has 1 fully saturated rings. The summed E-state index contributed by atoms with van der Waals surface area (Å²) in [5, 5.41) is 3.70. The van der Waals surface area contributed by atoms with Gasteiger partial charge in [0.15, 0.2) is 0 Å². The fraction of sp³-hybridized carbons (Fsp3) is 0.368. The van der Waals surface area contributed by atoms with E-state index in [4.69, 9.17) is 0 Å². The molecule has 0 aromatic heterocycles. The highest BCUT2D eigenvalue weighted by molar-refractivity contribution is 5.27. The van der Waals surface area contributed by atoms with Crippen molar-refractivity contribution in [3.8, 4) is 0 Å². The van der Waals surface area contributed by atoms with Crippen LogP contribution in [0, 0.1) is 12.8 Å². The van der Waals surface area contributed by atoms with Crippen LogP contribution in [0.4, 0.5) is 0 Å². The molecule has 1 aliphatic heterocycles. The standard InChI is InChI=1S/C19H23N/c1-15-7-5-6-10-17(15)14-19-18(11-12-20-19)13-16-8-3-2-4-9-16/h2-10,18-20H,11-14H2,1H3. The summed E-state index contributed by atoms with van der Waals surface area (Å²) in [6, 6.07) is 20.3. The predicted octanol–water partition coefficient (Wildman–Crippen LogP) is 3.76. The summed E-state index contributed by atoms with van der Waals surface area (Å²) >= 11 is 0. The number of rotatable bonds is 4. The molecule has 0 radical (unpaired) electrons. The molecule has 20 heavy (non-hydrogen) atoms. The first kappa shape index (κ1) is 13.4. The van der Waals surface area contributed by atoms with Crippen molar-refractivity contribution in [2.24, 2.45) is 5.92 Å². The van der Waals surface area contributed by atoms with E-state index < -0.39 is 0 Å². The quantitative estimate of drug-likeness (QED) is 0.887. The molecule has 2 unspecified atom stereocenters. The number of nitrogens with one attached hydrogen (secondary N) is 1. The lowest BCUT2D eigenvalue weighted by Gasteiger charge is -2.20. The SMILES string of the molecule is Cc1ccccc1CC1NCCC1Cc1ccccc1. The van der Waals surface area contributed by atoms with Crippen molar-refractivity contribution >= 4 is 0 Å². The Morgan fingerprint density at radius 3 is 2.50 bits per heavy atom. The summed E-state index contributed by atoms with van der Waals surface area (Å²) in [5.74, 6) is 0.761. The summed E-state index contributed by atoms with van der Waals surface area (Å²) < 4.78 is 0.